The summed E-state index contributed by atoms with van der Waals surface area (Å²) >= 11 is 0. The van der Waals surface area contributed by atoms with Crippen molar-refractivity contribution in [1.29, 1.82) is 0 Å². The first kappa shape index (κ1) is 11.4. The van der Waals surface area contributed by atoms with Crippen molar-refractivity contribution in [1.82, 2.24) is 0 Å². The van der Waals surface area contributed by atoms with Gasteiger partial charge in [0.15, 0.2) is 0 Å². The Balaban J connectivity index is 2.14. The van der Waals surface area contributed by atoms with Crippen LogP contribution in [0.1, 0.15) is 12.5 Å². The molecule has 0 saturated heterocycles. The second-order valence-electron chi connectivity index (χ2n) is 3.13. The van der Waals surface area contributed by atoms with Gasteiger partial charge in [-0.25, -0.2) is 0 Å². The predicted molar refractivity (Wildman–Crippen MR) is 60.1 cm³/mol. The van der Waals surface area contributed by atoms with E-state index in [0.717, 1.165) is 13.0 Å². The molecule has 0 atom stereocenters. The zero-order valence-corrected chi connectivity index (χ0v) is 8.85. The maximum absolute atomic E-state index is 10.4. The molecule has 3 nitrogen and oxygen atoms in total. The van der Waals surface area contributed by atoms with Crippen LogP contribution in [0.2, 0.25) is 0 Å². The molecule has 0 aliphatic rings. The largest absolute Gasteiger partial charge is 0.460 e. The highest BCUT2D eigenvalue weighted by Gasteiger charge is 1.89. The number of benzene rings is 1. The smallest absolute Gasteiger partial charge is 0.302 e. The van der Waals surface area contributed by atoms with Gasteiger partial charge in [0.2, 0.25) is 0 Å². The molecule has 0 aliphatic heterocycles. The Morgan fingerprint density at radius 3 is 2.80 bits per heavy atom. The Bertz CT molecular complexity index is 320. The summed E-state index contributed by atoms with van der Waals surface area (Å²) in [4.78, 5) is 14.6. The summed E-state index contributed by atoms with van der Waals surface area (Å²) in [6, 6.07) is 10.2. The van der Waals surface area contributed by atoms with Crippen LogP contribution in [0.5, 0.6) is 0 Å². The molecule has 0 unspecified atom stereocenters. The lowest BCUT2D eigenvalue weighted by Gasteiger charge is -1.97. The lowest BCUT2D eigenvalue weighted by atomic mass is 10.2. The van der Waals surface area contributed by atoms with Crippen LogP contribution in [0.4, 0.5) is 0 Å². The summed E-state index contributed by atoms with van der Waals surface area (Å²) in [7, 11) is 0. The first-order chi connectivity index (χ1) is 7.29. The standard InChI is InChI=1S/C12H15NO2/c1-11(14)15-10-9-13-8-7-12-5-3-2-4-6-12/h2-6,9H,7-8,10H2,1H3. The molecule has 1 rings (SSSR count). The van der Waals surface area contributed by atoms with Gasteiger partial charge in [0.1, 0.15) is 6.61 Å². The molecule has 0 N–H and O–H groups in total. The number of nitrogens with zero attached hydrogens (tertiary/aromatic N) is 1. The van der Waals surface area contributed by atoms with E-state index in [-0.39, 0.29) is 12.6 Å². The molecule has 0 spiro atoms. The summed E-state index contributed by atoms with van der Waals surface area (Å²) in [5, 5.41) is 0. The number of carbonyl (C=O) groups is 1. The molecular weight excluding hydrogens is 190 g/mol. The SMILES string of the molecule is CC(=O)OCC=NCCc1ccccc1. The van der Waals surface area contributed by atoms with Crippen LogP contribution in [0.25, 0.3) is 0 Å². The normalized spacial score (nSPS) is 10.5. The van der Waals surface area contributed by atoms with Gasteiger partial charge in [-0.05, 0) is 12.0 Å². The third kappa shape index (κ3) is 5.62. The molecule has 0 aromatic heterocycles. The van der Waals surface area contributed by atoms with Gasteiger partial charge in [-0.2, -0.15) is 0 Å². The van der Waals surface area contributed by atoms with E-state index in [1.807, 2.05) is 18.2 Å². The van der Waals surface area contributed by atoms with E-state index in [2.05, 4.69) is 17.1 Å². The minimum atomic E-state index is -0.274. The molecule has 80 valence electrons. The molecule has 1 aromatic rings. The fourth-order valence-electron chi connectivity index (χ4n) is 1.14. The van der Waals surface area contributed by atoms with E-state index < -0.39 is 0 Å². The van der Waals surface area contributed by atoms with E-state index in [1.54, 1.807) is 6.21 Å². The average Bonchev–Trinajstić information content (AvgIpc) is 2.24. The monoisotopic (exact) mass is 205 g/mol. The Morgan fingerprint density at radius 1 is 1.40 bits per heavy atom. The van der Waals surface area contributed by atoms with Crippen LogP contribution in [-0.2, 0) is 16.0 Å². The number of carbonyl (C=O) groups excluding carboxylic acids is 1. The van der Waals surface area contributed by atoms with Gasteiger partial charge in [0, 0.05) is 19.7 Å². The fourth-order valence-corrected chi connectivity index (χ4v) is 1.14. The van der Waals surface area contributed by atoms with E-state index in [0.29, 0.717) is 0 Å². The van der Waals surface area contributed by atoms with Crippen molar-refractivity contribution < 1.29 is 9.53 Å². The summed E-state index contributed by atoms with van der Waals surface area (Å²) < 4.78 is 4.71. The zero-order valence-electron chi connectivity index (χ0n) is 8.85. The van der Waals surface area contributed by atoms with Gasteiger partial charge in [0.25, 0.3) is 0 Å². The van der Waals surface area contributed by atoms with Crippen molar-refractivity contribution in [3.8, 4) is 0 Å². The molecule has 1 aromatic carbocycles. The molecule has 0 heterocycles. The summed E-state index contributed by atoms with van der Waals surface area (Å²) in [5.74, 6) is -0.274. The molecule has 0 aliphatic carbocycles. The van der Waals surface area contributed by atoms with Gasteiger partial charge in [0.05, 0.1) is 0 Å². The number of rotatable bonds is 5. The van der Waals surface area contributed by atoms with Crippen LogP contribution < -0.4 is 0 Å². The number of hydrogen-bond donors (Lipinski definition) is 0. The van der Waals surface area contributed by atoms with Crippen LogP contribution in [0.15, 0.2) is 35.3 Å². The second-order valence-corrected chi connectivity index (χ2v) is 3.13. The van der Waals surface area contributed by atoms with Gasteiger partial charge in [-0.1, -0.05) is 30.3 Å². The van der Waals surface area contributed by atoms with Gasteiger partial charge >= 0.3 is 5.97 Å². The molecule has 0 bridgehead atoms. The Labute approximate surface area is 89.8 Å². The molecular formula is C12H15NO2. The fraction of sp³-hybridized carbons (Fsp3) is 0.333. The molecule has 15 heavy (non-hydrogen) atoms. The van der Waals surface area contributed by atoms with Gasteiger partial charge in [-0.15, -0.1) is 0 Å². The lowest BCUT2D eigenvalue weighted by molar-refractivity contribution is -0.139. The molecule has 0 saturated carbocycles. The van der Waals surface area contributed by atoms with E-state index in [4.69, 9.17) is 4.74 Å². The van der Waals surface area contributed by atoms with E-state index in [9.17, 15) is 4.79 Å². The van der Waals surface area contributed by atoms with Crippen LogP contribution >= 0.6 is 0 Å². The maximum atomic E-state index is 10.4. The Kier molecular flexibility index (Phi) is 5.15. The van der Waals surface area contributed by atoms with Crippen molar-refractivity contribution >= 4 is 12.2 Å². The predicted octanol–water partition coefficient (Wildman–Crippen LogP) is 1.86. The highest BCUT2D eigenvalue weighted by atomic mass is 16.5. The van der Waals surface area contributed by atoms with Crippen molar-refractivity contribution in [3.63, 3.8) is 0 Å². The lowest BCUT2D eigenvalue weighted by Crippen LogP contribution is -2.01. The first-order valence-electron chi connectivity index (χ1n) is 4.94. The van der Waals surface area contributed by atoms with Gasteiger partial charge < -0.3 is 4.74 Å². The van der Waals surface area contributed by atoms with Crippen LogP contribution in [0.3, 0.4) is 0 Å². The zero-order chi connectivity index (χ0) is 10.9. The maximum Gasteiger partial charge on any atom is 0.302 e. The molecule has 0 amide bonds. The number of aliphatic imine (C=N–C) groups is 1. The highest BCUT2D eigenvalue weighted by molar-refractivity contribution is 5.69. The number of hydrogen-bond acceptors (Lipinski definition) is 3. The van der Waals surface area contributed by atoms with E-state index in [1.165, 1.54) is 12.5 Å². The Hall–Kier alpha value is -1.64. The Morgan fingerprint density at radius 2 is 2.13 bits per heavy atom. The average molecular weight is 205 g/mol. The topological polar surface area (TPSA) is 38.7 Å². The summed E-state index contributed by atoms with van der Waals surface area (Å²) in [6.07, 6.45) is 2.54. The van der Waals surface area contributed by atoms with Crippen molar-refractivity contribution in [2.75, 3.05) is 13.2 Å². The quantitative estimate of drug-likeness (QED) is 0.543. The van der Waals surface area contributed by atoms with Gasteiger partial charge in [-0.3, -0.25) is 9.79 Å². The molecule has 3 heteroatoms. The van der Waals surface area contributed by atoms with Crippen LogP contribution in [-0.4, -0.2) is 25.3 Å². The third-order valence-electron chi connectivity index (χ3n) is 1.86. The molecule has 0 fully saturated rings. The molecule has 0 radical (unpaired) electrons. The summed E-state index contributed by atoms with van der Waals surface area (Å²) in [6.45, 7) is 2.38. The number of esters is 1. The second kappa shape index (κ2) is 6.76. The number of ether oxygens (including phenoxy) is 1. The highest BCUT2D eigenvalue weighted by Crippen LogP contribution is 1.98. The minimum Gasteiger partial charge on any atom is -0.460 e. The first-order valence-corrected chi connectivity index (χ1v) is 4.94. The van der Waals surface area contributed by atoms with Crippen molar-refractivity contribution in [2.24, 2.45) is 4.99 Å². The van der Waals surface area contributed by atoms with E-state index >= 15 is 0 Å². The third-order valence-corrected chi connectivity index (χ3v) is 1.86. The minimum absolute atomic E-state index is 0.268. The van der Waals surface area contributed by atoms with Crippen molar-refractivity contribution in [2.45, 2.75) is 13.3 Å². The summed E-state index contributed by atoms with van der Waals surface area (Å²) in [5.41, 5.74) is 1.27. The van der Waals surface area contributed by atoms with Crippen LogP contribution in [0, 0.1) is 0 Å². The van der Waals surface area contributed by atoms with Crippen molar-refractivity contribution in [3.05, 3.63) is 35.9 Å².